The van der Waals surface area contributed by atoms with Crippen LogP contribution < -0.4 is 5.32 Å². The number of thiazole rings is 1. The van der Waals surface area contributed by atoms with Crippen molar-refractivity contribution in [3.63, 3.8) is 0 Å². The van der Waals surface area contributed by atoms with Gasteiger partial charge in [-0.3, -0.25) is 28.9 Å². The van der Waals surface area contributed by atoms with Crippen LogP contribution in [0.2, 0.25) is 0 Å². The number of esters is 2. The van der Waals surface area contributed by atoms with E-state index in [9.17, 15) is 24.0 Å². The van der Waals surface area contributed by atoms with Crippen molar-refractivity contribution >= 4 is 40.9 Å². The molecule has 11 nitrogen and oxygen atoms in total. The second-order valence-electron chi connectivity index (χ2n) is 15.3. The highest BCUT2D eigenvalue weighted by molar-refractivity contribution is 7.09. The molecule has 1 saturated carbocycles. The van der Waals surface area contributed by atoms with Crippen LogP contribution in [0.5, 0.6) is 0 Å². The molecule has 4 rings (SSSR count). The van der Waals surface area contributed by atoms with Crippen LogP contribution in [0.3, 0.4) is 0 Å². The molecule has 1 aromatic carbocycles. The van der Waals surface area contributed by atoms with E-state index in [0.717, 1.165) is 44.2 Å². The second kappa shape index (κ2) is 18.9. The molecule has 1 N–H and O–H groups in total. The highest BCUT2D eigenvalue weighted by Gasteiger charge is 2.47. The summed E-state index contributed by atoms with van der Waals surface area (Å²) in [6, 6.07) is 8.90. The maximum Gasteiger partial charge on any atom is 0.308 e. The highest BCUT2D eigenvalue weighted by atomic mass is 32.1. The standard InChI is InChI=1S/C40H58N4O7S/c1-26(2)33(44(6)39(49)40(18-12-13-19-40)24-34(46)32-17-11-14-20-43(32)5)23-35(51-28(4)45)37-42-31(25-52-37)36(47)41-30(21-27(3)38(48)50-7)22-29-15-9-8-10-16-29/h8-10,15-16,25-27,30,32-33,35H,11-14,17-24H2,1-7H3,(H,41,47)/t27-,30+,32+,33+,35+/m0/s1. The number of ketones is 1. The Morgan fingerprint density at radius 2 is 1.73 bits per heavy atom. The van der Waals surface area contributed by atoms with Crippen LogP contribution in [0.25, 0.3) is 0 Å². The van der Waals surface area contributed by atoms with Crippen molar-refractivity contribution in [1.29, 1.82) is 0 Å². The molecule has 0 radical (unpaired) electrons. The molecule has 1 aliphatic carbocycles. The van der Waals surface area contributed by atoms with E-state index in [-0.39, 0.29) is 60.2 Å². The van der Waals surface area contributed by atoms with Gasteiger partial charge in [0.2, 0.25) is 5.91 Å². The third-order valence-electron chi connectivity index (χ3n) is 11.0. The number of amides is 2. The lowest BCUT2D eigenvalue weighted by molar-refractivity contribution is -0.151. The van der Waals surface area contributed by atoms with Gasteiger partial charge < -0.3 is 19.7 Å². The van der Waals surface area contributed by atoms with Crippen molar-refractivity contribution in [2.24, 2.45) is 17.3 Å². The Bertz CT molecular complexity index is 1520. The predicted octanol–water partition coefficient (Wildman–Crippen LogP) is 6.16. The fraction of sp³-hybridized carbons (Fsp3) is 0.650. The molecule has 2 aliphatic rings. The number of nitrogens with one attached hydrogen (secondary N) is 1. The molecule has 2 aromatic rings. The Morgan fingerprint density at radius 1 is 1.04 bits per heavy atom. The summed E-state index contributed by atoms with van der Waals surface area (Å²) in [6.07, 6.45) is 6.78. The lowest BCUT2D eigenvalue weighted by Gasteiger charge is -2.40. The van der Waals surface area contributed by atoms with Gasteiger partial charge in [0.15, 0.2) is 11.9 Å². The Hall–Kier alpha value is -3.64. The lowest BCUT2D eigenvalue weighted by Crippen LogP contribution is -2.50. The first-order valence-corrected chi connectivity index (χ1v) is 19.7. The van der Waals surface area contributed by atoms with Crippen LogP contribution in [0.1, 0.15) is 119 Å². The van der Waals surface area contributed by atoms with Crippen molar-refractivity contribution in [2.45, 2.75) is 123 Å². The minimum Gasteiger partial charge on any atom is -0.469 e. The van der Waals surface area contributed by atoms with Crippen LogP contribution in [0, 0.1) is 17.3 Å². The number of piperidine rings is 1. The first kappa shape index (κ1) is 41.1. The molecule has 2 heterocycles. The number of hydrogen-bond donors (Lipinski definition) is 1. The van der Waals surface area contributed by atoms with Crippen LogP contribution in [-0.4, -0.2) is 90.2 Å². The van der Waals surface area contributed by atoms with Crippen LogP contribution >= 0.6 is 11.3 Å². The van der Waals surface area contributed by atoms with Gasteiger partial charge in [-0.1, -0.05) is 70.4 Å². The minimum absolute atomic E-state index is 0.00363. The van der Waals surface area contributed by atoms with Gasteiger partial charge in [-0.05, 0) is 63.6 Å². The number of likely N-dealkylation sites (N-methyl/N-ethyl adjacent to an activating group) is 1. The number of methoxy groups -OCH3 is 1. The normalized spacial score (nSPS) is 19.7. The number of likely N-dealkylation sites (tertiary alicyclic amines) is 1. The number of hydrogen-bond acceptors (Lipinski definition) is 10. The molecule has 1 saturated heterocycles. The van der Waals surface area contributed by atoms with Crippen LogP contribution in [0.4, 0.5) is 0 Å². The SMILES string of the molecule is COC(=O)[C@@H](C)C[C@H](Cc1ccccc1)NC(=O)c1csc([C@@H](C[C@H](C(C)C)N(C)C(=O)C2(CC(=O)[C@H]3CCCCN3C)CCCC2)OC(C)=O)n1. The molecule has 286 valence electrons. The van der Waals surface area contributed by atoms with Gasteiger partial charge in [-0.2, -0.15) is 0 Å². The molecule has 5 atom stereocenters. The van der Waals surface area contributed by atoms with Gasteiger partial charge in [-0.15, -0.1) is 11.3 Å². The summed E-state index contributed by atoms with van der Waals surface area (Å²) in [4.78, 5) is 74.9. The monoisotopic (exact) mass is 738 g/mol. The fourth-order valence-electron chi connectivity index (χ4n) is 8.09. The Morgan fingerprint density at radius 3 is 2.35 bits per heavy atom. The molecule has 52 heavy (non-hydrogen) atoms. The maximum atomic E-state index is 14.5. The smallest absolute Gasteiger partial charge is 0.308 e. The number of ether oxygens (including phenoxy) is 2. The van der Waals surface area contributed by atoms with E-state index >= 15 is 0 Å². The summed E-state index contributed by atoms with van der Waals surface area (Å²) in [5, 5.41) is 5.16. The number of carbonyl (C=O) groups is 5. The fourth-order valence-corrected chi connectivity index (χ4v) is 8.93. The first-order valence-electron chi connectivity index (χ1n) is 18.8. The number of benzene rings is 1. The number of nitrogens with zero attached hydrogens (tertiary/aromatic N) is 3. The first-order chi connectivity index (χ1) is 24.7. The van der Waals surface area contributed by atoms with E-state index in [1.165, 1.54) is 25.4 Å². The van der Waals surface area contributed by atoms with Gasteiger partial charge in [0.05, 0.1) is 24.5 Å². The van der Waals surface area contributed by atoms with Gasteiger partial charge >= 0.3 is 11.9 Å². The molecule has 2 fully saturated rings. The molecular weight excluding hydrogens is 681 g/mol. The van der Waals surface area contributed by atoms with E-state index in [0.29, 0.717) is 30.7 Å². The third kappa shape index (κ3) is 10.7. The number of Topliss-reactive ketones (excluding diaryl/α,β-unsaturated/α-hetero) is 1. The topological polar surface area (TPSA) is 135 Å². The third-order valence-corrected chi connectivity index (χ3v) is 11.9. The Kier molecular flexibility index (Phi) is 15.0. The maximum absolute atomic E-state index is 14.5. The van der Waals surface area contributed by atoms with Crippen molar-refractivity contribution in [3.05, 3.63) is 52.0 Å². The molecule has 1 aromatic heterocycles. The van der Waals surface area contributed by atoms with Gasteiger partial charge in [0.1, 0.15) is 10.7 Å². The summed E-state index contributed by atoms with van der Waals surface area (Å²) >= 11 is 1.23. The van der Waals surface area contributed by atoms with E-state index in [2.05, 4.69) is 15.2 Å². The van der Waals surface area contributed by atoms with Crippen LogP contribution in [-0.2, 0) is 35.1 Å². The minimum atomic E-state index is -0.789. The van der Waals surface area contributed by atoms with Crippen molar-refractivity contribution in [2.75, 3.05) is 27.7 Å². The Labute approximate surface area is 313 Å². The van der Waals surface area contributed by atoms with Crippen molar-refractivity contribution in [1.82, 2.24) is 20.1 Å². The number of aromatic nitrogens is 1. The van der Waals surface area contributed by atoms with Crippen LogP contribution in [0.15, 0.2) is 35.7 Å². The molecule has 2 amide bonds. The lowest BCUT2D eigenvalue weighted by atomic mass is 9.77. The number of carbonyl (C=O) groups excluding carboxylic acids is 5. The zero-order valence-corrected chi connectivity index (χ0v) is 32.8. The average Bonchev–Trinajstić information content (AvgIpc) is 3.80. The van der Waals surface area contributed by atoms with Gasteiger partial charge in [0, 0.05) is 44.3 Å². The quantitative estimate of drug-likeness (QED) is 0.189. The summed E-state index contributed by atoms with van der Waals surface area (Å²) in [6.45, 7) is 8.07. The molecule has 0 bridgehead atoms. The zero-order chi connectivity index (χ0) is 38.0. The van der Waals surface area contributed by atoms with E-state index < -0.39 is 29.3 Å². The average molecular weight is 739 g/mol. The predicted molar refractivity (Wildman–Crippen MR) is 201 cm³/mol. The number of rotatable bonds is 17. The molecule has 12 heteroatoms. The molecule has 0 unspecified atom stereocenters. The Balaban J connectivity index is 1.51. The summed E-state index contributed by atoms with van der Waals surface area (Å²) in [5.74, 6) is -1.53. The largest absolute Gasteiger partial charge is 0.469 e. The summed E-state index contributed by atoms with van der Waals surface area (Å²) < 4.78 is 10.8. The van der Waals surface area contributed by atoms with Crippen molar-refractivity contribution in [3.8, 4) is 0 Å². The van der Waals surface area contributed by atoms with E-state index in [4.69, 9.17) is 9.47 Å². The summed E-state index contributed by atoms with van der Waals surface area (Å²) in [7, 11) is 5.16. The van der Waals surface area contributed by atoms with E-state index in [1.54, 1.807) is 24.3 Å². The van der Waals surface area contributed by atoms with Gasteiger partial charge in [0.25, 0.3) is 5.91 Å². The van der Waals surface area contributed by atoms with Crippen molar-refractivity contribution < 1.29 is 33.4 Å². The molecular formula is C40H58N4O7S. The highest BCUT2D eigenvalue weighted by Crippen LogP contribution is 2.45. The van der Waals surface area contributed by atoms with Gasteiger partial charge in [-0.25, -0.2) is 4.98 Å². The summed E-state index contributed by atoms with van der Waals surface area (Å²) in [5.41, 5.74) is 0.465. The zero-order valence-electron chi connectivity index (χ0n) is 32.0. The molecule has 0 spiro atoms. The second-order valence-corrected chi connectivity index (χ2v) is 16.2. The van der Waals surface area contributed by atoms with E-state index in [1.807, 2.05) is 51.2 Å². The molecule has 1 aliphatic heterocycles.